The lowest BCUT2D eigenvalue weighted by molar-refractivity contribution is -0.0872. The van der Waals surface area contributed by atoms with Crippen molar-refractivity contribution in [3.8, 4) is 0 Å². The van der Waals surface area contributed by atoms with Crippen molar-refractivity contribution in [2.24, 2.45) is 0 Å². The molecule has 0 saturated carbocycles. The zero-order chi connectivity index (χ0) is 32.1. The molecule has 1 spiro atoms. The SMILES string of the molecule is CSc1nc2c(c(N3CCCn4nc(C(=O)N(C)C)cc4C3)n1)COC1(CCC(C)c3ccc(NC(=O)OC(C)(C)C)cc31)C2. The number of thioether (sulfide) groups is 1. The van der Waals surface area contributed by atoms with Crippen molar-refractivity contribution in [2.75, 3.05) is 37.1 Å². The van der Waals surface area contributed by atoms with Crippen LogP contribution in [0.2, 0.25) is 0 Å². The van der Waals surface area contributed by atoms with E-state index < -0.39 is 17.3 Å². The zero-order valence-corrected chi connectivity index (χ0v) is 28.1. The summed E-state index contributed by atoms with van der Waals surface area (Å²) in [6, 6.07) is 8.02. The van der Waals surface area contributed by atoms with Gasteiger partial charge in [-0.1, -0.05) is 24.8 Å². The van der Waals surface area contributed by atoms with Gasteiger partial charge in [0, 0.05) is 44.9 Å². The van der Waals surface area contributed by atoms with E-state index in [1.54, 1.807) is 19.0 Å². The van der Waals surface area contributed by atoms with Gasteiger partial charge in [0.05, 0.1) is 30.1 Å². The van der Waals surface area contributed by atoms with Gasteiger partial charge >= 0.3 is 6.09 Å². The Morgan fingerprint density at radius 3 is 2.71 bits per heavy atom. The van der Waals surface area contributed by atoms with Gasteiger partial charge in [-0.25, -0.2) is 14.8 Å². The molecule has 0 saturated heterocycles. The van der Waals surface area contributed by atoms with Crippen LogP contribution in [0.25, 0.3) is 0 Å². The van der Waals surface area contributed by atoms with Crippen LogP contribution in [0.1, 0.15) is 91.4 Å². The second kappa shape index (κ2) is 11.9. The molecule has 2 unspecified atom stereocenters. The Kier molecular flexibility index (Phi) is 8.32. The third-order valence-electron chi connectivity index (χ3n) is 8.82. The summed E-state index contributed by atoms with van der Waals surface area (Å²) < 4.78 is 14.4. The van der Waals surface area contributed by atoms with Crippen molar-refractivity contribution in [3.05, 3.63) is 58.0 Å². The Morgan fingerprint density at radius 1 is 1.18 bits per heavy atom. The predicted octanol–water partition coefficient (Wildman–Crippen LogP) is 5.72. The quantitative estimate of drug-likeness (QED) is 0.285. The molecule has 0 fully saturated rings. The van der Waals surface area contributed by atoms with Gasteiger partial charge in [0.15, 0.2) is 10.9 Å². The number of aryl methyl sites for hydroxylation is 1. The van der Waals surface area contributed by atoms with Crippen LogP contribution in [0.4, 0.5) is 16.3 Å². The molecule has 2 atom stereocenters. The van der Waals surface area contributed by atoms with Gasteiger partial charge in [0.25, 0.3) is 5.91 Å². The number of nitrogens with one attached hydrogen (secondary N) is 1. The van der Waals surface area contributed by atoms with E-state index in [0.717, 1.165) is 65.8 Å². The number of rotatable bonds is 4. The third-order valence-corrected chi connectivity index (χ3v) is 9.37. The summed E-state index contributed by atoms with van der Waals surface area (Å²) in [7, 11) is 3.49. The Morgan fingerprint density at radius 2 is 1.98 bits per heavy atom. The van der Waals surface area contributed by atoms with E-state index in [2.05, 4.69) is 34.4 Å². The normalized spacial score (nSPS) is 21.0. The highest BCUT2D eigenvalue weighted by Crippen LogP contribution is 2.49. The molecular formula is C33H43N7O4S. The Labute approximate surface area is 269 Å². The van der Waals surface area contributed by atoms with E-state index >= 15 is 0 Å². The predicted molar refractivity (Wildman–Crippen MR) is 174 cm³/mol. The number of carbonyl (C=O) groups is 2. The number of anilines is 2. The molecular weight excluding hydrogens is 590 g/mol. The smallest absolute Gasteiger partial charge is 0.412 e. The molecule has 45 heavy (non-hydrogen) atoms. The molecule has 11 nitrogen and oxygen atoms in total. The zero-order valence-electron chi connectivity index (χ0n) is 27.3. The first-order chi connectivity index (χ1) is 21.4. The first kappa shape index (κ1) is 31.3. The van der Waals surface area contributed by atoms with Crippen molar-refractivity contribution < 1.29 is 19.1 Å². The highest BCUT2D eigenvalue weighted by molar-refractivity contribution is 7.98. The molecule has 0 bridgehead atoms. The number of nitrogens with zero attached hydrogens (tertiary/aromatic N) is 6. The molecule has 4 heterocycles. The number of hydrogen-bond donors (Lipinski definition) is 1. The van der Waals surface area contributed by atoms with Crippen LogP contribution in [-0.2, 0) is 41.2 Å². The lowest BCUT2D eigenvalue weighted by atomic mass is 9.71. The number of benzene rings is 1. The second-order valence-electron chi connectivity index (χ2n) is 13.5. The summed E-state index contributed by atoms with van der Waals surface area (Å²) in [6.07, 6.45) is 4.88. The van der Waals surface area contributed by atoms with Gasteiger partial charge in [-0.2, -0.15) is 5.10 Å². The van der Waals surface area contributed by atoms with Gasteiger partial charge in [-0.05, 0) is 81.5 Å². The van der Waals surface area contributed by atoms with E-state index in [1.165, 1.54) is 17.3 Å². The van der Waals surface area contributed by atoms with Gasteiger partial charge in [-0.3, -0.25) is 14.8 Å². The van der Waals surface area contributed by atoms with Gasteiger partial charge in [0.2, 0.25) is 0 Å². The lowest BCUT2D eigenvalue weighted by Crippen LogP contribution is -2.41. The van der Waals surface area contributed by atoms with E-state index in [4.69, 9.17) is 19.4 Å². The molecule has 1 aromatic carbocycles. The molecule has 0 radical (unpaired) electrons. The van der Waals surface area contributed by atoms with Gasteiger partial charge in [-0.15, -0.1) is 0 Å². The third kappa shape index (κ3) is 6.27. The largest absolute Gasteiger partial charge is 0.444 e. The van der Waals surface area contributed by atoms with E-state index in [1.807, 2.05) is 43.8 Å². The van der Waals surface area contributed by atoms with Crippen LogP contribution in [0, 0.1) is 0 Å². The maximum absolute atomic E-state index is 12.6. The van der Waals surface area contributed by atoms with Crippen molar-refractivity contribution in [3.63, 3.8) is 0 Å². The van der Waals surface area contributed by atoms with Crippen LogP contribution in [0.3, 0.4) is 0 Å². The number of ether oxygens (including phenoxy) is 2. The number of fused-ring (bicyclic) bond motifs is 4. The van der Waals surface area contributed by atoms with Crippen LogP contribution < -0.4 is 10.2 Å². The summed E-state index contributed by atoms with van der Waals surface area (Å²) in [5, 5.41) is 8.26. The minimum atomic E-state index is -0.588. The highest BCUT2D eigenvalue weighted by Gasteiger charge is 2.44. The van der Waals surface area contributed by atoms with E-state index in [-0.39, 0.29) is 5.91 Å². The first-order valence-corrected chi connectivity index (χ1v) is 16.8. The molecule has 3 aliphatic rings. The summed E-state index contributed by atoms with van der Waals surface area (Å²) in [5.41, 5.74) is 5.35. The minimum Gasteiger partial charge on any atom is -0.444 e. The molecule has 1 aliphatic carbocycles. The average molecular weight is 634 g/mol. The van der Waals surface area contributed by atoms with Crippen LogP contribution in [0.15, 0.2) is 29.4 Å². The van der Waals surface area contributed by atoms with E-state index in [0.29, 0.717) is 36.9 Å². The molecule has 6 rings (SSSR count). The van der Waals surface area contributed by atoms with Crippen LogP contribution >= 0.6 is 11.8 Å². The minimum absolute atomic E-state index is 0.101. The van der Waals surface area contributed by atoms with Gasteiger partial charge in [0.1, 0.15) is 11.4 Å². The first-order valence-electron chi connectivity index (χ1n) is 15.6. The Bertz CT molecular complexity index is 1630. The second-order valence-corrected chi connectivity index (χ2v) is 14.3. The molecule has 2 aromatic heterocycles. The van der Waals surface area contributed by atoms with Crippen LogP contribution in [-0.4, -0.2) is 69.1 Å². The average Bonchev–Trinajstić information content (AvgIpc) is 3.28. The fraction of sp³-hybridized carbons (Fsp3) is 0.545. The van der Waals surface area contributed by atoms with Crippen molar-refractivity contribution >= 4 is 35.3 Å². The summed E-state index contributed by atoms with van der Waals surface area (Å²) in [6.45, 7) is 10.3. The number of carbonyl (C=O) groups excluding carboxylic acids is 2. The van der Waals surface area contributed by atoms with Crippen molar-refractivity contribution in [1.29, 1.82) is 0 Å². The monoisotopic (exact) mass is 633 g/mol. The summed E-state index contributed by atoms with van der Waals surface area (Å²) in [5.74, 6) is 1.16. The molecule has 240 valence electrons. The Hall–Kier alpha value is -3.64. The van der Waals surface area contributed by atoms with Crippen LogP contribution in [0.5, 0.6) is 0 Å². The number of amides is 2. The number of hydrogen-bond acceptors (Lipinski definition) is 9. The number of aromatic nitrogens is 4. The van der Waals surface area contributed by atoms with Crippen molar-refractivity contribution in [1.82, 2.24) is 24.6 Å². The standard InChI is InChI=1S/C33H43N7O4S/c1-20-11-12-33(25-15-21(9-10-23(20)25)34-31(42)44-32(2,3)4)17-27-24(19-43-33)28(36-30(35-27)45-7)39-13-8-14-40-22(18-39)16-26(37-40)29(41)38(5)6/h9-10,15-16,20H,8,11-14,17-19H2,1-7H3,(H,34,42). The molecule has 2 amide bonds. The molecule has 1 N–H and O–H groups in total. The fourth-order valence-electron chi connectivity index (χ4n) is 6.60. The topological polar surface area (TPSA) is 115 Å². The summed E-state index contributed by atoms with van der Waals surface area (Å²) in [4.78, 5) is 39.1. The highest BCUT2D eigenvalue weighted by atomic mass is 32.2. The molecule has 3 aromatic rings. The van der Waals surface area contributed by atoms with E-state index in [9.17, 15) is 9.59 Å². The lowest BCUT2D eigenvalue weighted by Gasteiger charge is -2.44. The maximum Gasteiger partial charge on any atom is 0.412 e. The Balaban J connectivity index is 1.33. The maximum atomic E-state index is 12.6. The fourth-order valence-corrected chi connectivity index (χ4v) is 6.98. The molecule has 2 aliphatic heterocycles. The summed E-state index contributed by atoms with van der Waals surface area (Å²) >= 11 is 1.54. The van der Waals surface area contributed by atoms with Crippen molar-refractivity contribution in [2.45, 2.75) is 95.4 Å². The molecule has 12 heteroatoms. The van der Waals surface area contributed by atoms with Gasteiger partial charge < -0.3 is 19.3 Å².